The van der Waals surface area contributed by atoms with Crippen molar-refractivity contribution in [2.75, 3.05) is 0 Å². The molecule has 1 fully saturated rings. The van der Waals surface area contributed by atoms with Gasteiger partial charge in [-0.05, 0) is 67.0 Å². The third-order valence-electron chi connectivity index (χ3n) is 6.31. The lowest BCUT2D eigenvalue weighted by molar-refractivity contribution is -0.156. The normalized spacial score (nSPS) is 21.8. The first-order valence-corrected chi connectivity index (χ1v) is 10.9. The fourth-order valence-corrected chi connectivity index (χ4v) is 4.65. The fraction of sp³-hybridized carbons (Fsp3) is 0.440. The second-order valence-electron chi connectivity index (χ2n) is 8.91. The number of nitrogens with zero attached hydrogens (tertiary/aromatic N) is 2. The van der Waals surface area contributed by atoms with Crippen LogP contribution in [0.4, 0.5) is 0 Å². The Kier molecular flexibility index (Phi) is 5.80. The van der Waals surface area contributed by atoms with Gasteiger partial charge in [-0.3, -0.25) is 4.79 Å². The number of hydrogen-bond donors (Lipinski definition) is 1. The molecule has 1 heterocycles. The van der Waals surface area contributed by atoms with E-state index in [0.29, 0.717) is 23.6 Å². The lowest BCUT2D eigenvalue weighted by Gasteiger charge is -2.36. The summed E-state index contributed by atoms with van der Waals surface area (Å²) in [6.45, 7) is 6.79. The van der Waals surface area contributed by atoms with Gasteiger partial charge >= 0.3 is 5.97 Å². The molecule has 4 rings (SSSR count). The molecule has 1 saturated carbocycles. The first-order chi connectivity index (χ1) is 14.4. The third-order valence-corrected chi connectivity index (χ3v) is 6.31. The monoisotopic (exact) mass is 406 g/mol. The van der Waals surface area contributed by atoms with Gasteiger partial charge in [0.05, 0.1) is 11.0 Å². The number of benzene rings is 2. The number of aromatic hydroxyl groups is 1. The number of phenols is 1. The van der Waals surface area contributed by atoms with Crippen molar-refractivity contribution in [3.8, 4) is 17.1 Å². The Morgan fingerprint density at radius 2 is 1.90 bits per heavy atom. The van der Waals surface area contributed by atoms with Crippen LogP contribution in [0.15, 0.2) is 48.5 Å². The Hall–Kier alpha value is -2.82. The van der Waals surface area contributed by atoms with Gasteiger partial charge < -0.3 is 14.4 Å². The highest BCUT2D eigenvalue weighted by molar-refractivity contribution is 5.83. The maximum Gasteiger partial charge on any atom is 0.326 e. The molecular weight excluding hydrogens is 376 g/mol. The second kappa shape index (κ2) is 8.50. The first-order valence-electron chi connectivity index (χ1n) is 10.9. The summed E-state index contributed by atoms with van der Waals surface area (Å²) in [5, 5.41) is 9.63. The molecule has 1 aromatic heterocycles. The summed E-state index contributed by atoms with van der Waals surface area (Å²) in [4.78, 5) is 17.8. The van der Waals surface area contributed by atoms with E-state index in [1.54, 1.807) is 12.1 Å². The average molecular weight is 407 g/mol. The summed E-state index contributed by atoms with van der Waals surface area (Å²) in [5.41, 5.74) is 2.58. The minimum absolute atomic E-state index is 0.0202. The van der Waals surface area contributed by atoms with E-state index in [1.165, 1.54) is 6.42 Å². The number of rotatable bonds is 5. The smallest absolute Gasteiger partial charge is 0.326 e. The van der Waals surface area contributed by atoms with Gasteiger partial charge in [-0.1, -0.05) is 39.3 Å². The molecule has 0 spiro atoms. The summed E-state index contributed by atoms with van der Waals surface area (Å²) < 4.78 is 7.96. The van der Waals surface area contributed by atoms with Crippen LogP contribution in [0, 0.1) is 17.8 Å². The Morgan fingerprint density at radius 1 is 1.17 bits per heavy atom. The largest absolute Gasteiger partial charge is 0.508 e. The molecule has 30 heavy (non-hydrogen) atoms. The van der Waals surface area contributed by atoms with Gasteiger partial charge in [-0.15, -0.1) is 0 Å². The maximum absolute atomic E-state index is 13.0. The van der Waals surface area contributed by atoms with E-state index >= 15 is 0 Å². The summed E-state index contributed by atoms with van der Waals surface area (Å²) in [7, 11) is 0. The van der Waals surface area contributed by atoms with Crippen LogP contribution in [0.3, 0.4) is 0 Å². The molecule has 1 aliphatic rings. The van der Waals surface area contributed by atoms with Gasteiger partial charge in [0, 0.05) is 5.56 Å². The van der Waals surface area contributed by atoms with E-state index in [4.69, 9.17) is 9.72 Å². The van der Waals surface area contributed by atoms with Crippen LogP contribution in [-0.4, -0.2) is 26.7 Å². The molecule has 2 unspecified atom stereocenters. The molecule has 3 aromatic rings. The molecule has 0 aliphatic heterocycles. The molecule has 158 valence electrons. The van der Waals surface area contributed by atoms with E-state index in [9.17, 15) is 9.90 Å². The molecule has 0 amide bonds. The lowest BCUT2D eigenvalue weighted by Crippen LogP contribution is -2.36. The Balaban J connectivity index is 1.62. The number of aromatic nitrogens is 2. The molecule has 5 heteroatoms. The van der Waals surface area contributed by atoms with Crippen LogP contribution < -0.4 is 0 Å². The number of fused-ring (bicyclic) bond motifs is 1. The number of hydrogen-bond acceptors (Lipinski definition) is 4. The molecule has 1 aliphatic carbocycles. The summed E-state index contributed by atoms with van der Waals surface area (Å²) >= 11 is 0. The van der Waals surface area contributed by atoms with Crippen molar-refractivity contribution < 1.29 is 14.6 Å². The number of para-hydroxylation sites is 2. The van der Waals surface area contributed by atoms with Crippen molar-refractivity contribution in [2.45, 2.75) is 52.7 Å². The molecule has 3 atom stereocenters. The zero-order valence-corrected chi connectivity index (χ0v) is 17.9. The quantitative estimate of drug-likeness (QED) is 0.575. The van der Waals surface area contributed by atoms with Crippen LogP contribution in [-0.2, 0) is 16.1 Å². The Bertz CT molecular complexity index is 1020. The highest BCUT2D eigenvalue weighted by Crippen LogP contribution is 2.35. The predicted molar refractivity (Wildman–Crippen MR) is 118 cm³/mol. The van der Waals surface area contributed by atoms with Gasteiger partial charge in [0.15, 0.2) is 0 Å². The maximum atomic E-state index is 13.0. The summed E-state index contributed by atoms with van der Waals surface area (Å²) in [6.07, 6.45) is 3.23. The van der Waals surface area contributed by atoms with E-state index < -0.39 is 0 Å². The predicted octanol–water partition coefficient (Wildman–Crippen LogP) is 5.41. The molecule has 0 saturated heterocycles. The SMILES string of the molecule is CC1CCC(C(C)C)[C@H](OC(=O)Cn2c(-c3ccc(O)cc3)nc3ccccc32)C1. The van der Waals surface area contributed by atoms with Crippen molar-refractivity contribution in [3.05, 3.63) is 48.5 Å². The van der Waals surface area contributed by atoms with Crippen molar-refractivity contribution >= 4 is 17.0 Å². The van der Waals surface area contributed by atoms with E-state index in [-0.39, 0.29) is 24.4 Å². The minimum atomic E-state index is -0.220. The summed E-state index contributed by atoms with van der Waals surface area (Å²) in [5.74, 6) is 2.18. The number of carbonyl (C=O) groups is 1. The van der Waals surface area contributed by atoms with Crippen LogP contribution in [0.1, 0.15) is 40.0 Å². The van der Waals surface area contributed by atoms with E-state index in [1.807, 2.05) is 41.0 Å². The second-order valence-corrected chi connectivity index (χ2v) is 8.91. The van der Waals surface area contributed by atoms with E-state index in [0.717, 1.165) is 29.4 Å². The van der Waals surface area contributed by atoms with Crippen LogP contribution in [0.5, 0.6) is 5.75 Å². The van der Waals surface area contributed by atoms with Crippen LogP contribution >= 0.6 is 0 Å². The number of phenolic OH excluding ortho intramolecular Hbond substituents is 1. The van der Waals surface area contributed by atoms with Crippen molar-refractivity contribution in [1.82, 2.24) is 9.55 Å². The standard InChI is InChI=1S/C25H30N2O3/c1-16(2)20-13-8-17(3)14-23(20)30-24(29)15-27-22-7-5-4-6-21(22)26-25(27)18-9-11-19(28)12-10-18/h4-7,9-12,16-17,20,23,28H,8,13-15H2,1-3H3/t17?,20?,23-/m1/s1. The molecular formula is C25H30N2O3. The summed E-state index contributed by atoms with van der Waals surface area (Å²) in [6, 6.07) is 14.7. The number of esters is 1. The van der Waals surface area contributed by atoms with Crippen LogP contribution in [0.2, 0.25) is 0 Å². The van der Waals surface area contributed by atoms with Crippen molar-refractivity contribution in [3.63, 3.8) is 0 Å². The zero-order valence-electron chi connectivity index (χ0n) is 17.9. The minimum Gasteiger partial charge on any atom is -0.508 e. The van der Waals surface area contributed by atoms with Gasteiger partial charge in [0.1, 0.15) is 24.2 Å². The lowest BCUT2D eigenvalue weighted by atomic mass is 9.75. The van der Waals surface area contributed by atoms with Crippen molar-refractivity contribution in [2.24, 2.45) is 17.8 Å². The van der Waals surface area contributed by atoms with Gasteiger partial charge in [0.2, 0.25) is 0 Å². The van der Waals surface area contributed by atoms with Gasteiger partial charge in [-0.25, -0.2) is 4.98 Å². The highest BCUT2D eigenvalue weighted by atomic mass is 16.5. The number of imidazole rings is 1. The molecule has 1 N–H and O–H groups in total. The van der Waals surface area contributed by atoms with Crippen molar-refractivity contribution in [1.29, 1.82) is 0 Å². The van der Waals surface area contributed by atoms with Gasteiger partial charge in [-0.2, -0.15) is 0 Å². The molecule has 2 aromatic carbocycles. The average Bonchev–Trinajstić information content (AvgIpc) is 3.07. The first kappa shape index (κ1) is 20.5. The number of carbonyl (C=O) groups excluding carboxylic acids is 1. The molecule has 0 radical (unpaired) electrons. The number of ether oxygens (including phenoxy) is 1. The van der Waals surface area contributed by atoms with Gasteiger partial charge in [0.25, 0.3) is 0 Å². The third kappa shape index (κ3) is 4.20. The molecule has 5 nitrogen and oxygen atoms in total. The van der Waals surface area contributed by atoms with Crippen LogP contribution in [0.25, 0.3) is 22.4 Å². The highest BCUT2D eigenvalue weighted by Gasteiger charge is 2.33. The topological polar surface area (TPSA) is 64.3 Å². The van der Waals surface area contributed by atoms with E-state index in [2.05, 4.69) is 20.8 Å². The Morgan fingerprint density at radius 3 is 2.63 bits per heavy atom. The fourth-order valence-electron chi connectivity index (χ4n) is 4.65. The zero-order chi connectivity index (χ0) is 21.3. The molecule has 0 bridgehead atoms. The Labute approximate surface area is 177 Å².